The summed E-state index contributed by atoms with van der Waals surface area (Å²) in [6, 6.07) is 0. The molecule has 0 aromatic rings. The van der Waals surface area contributed by atoms with Gasteiger partial charge in [-0.25, -0.2) is 4.79 Å². The first-order valence-corrected chi connectivity index (χ1v) is 6.29. The SMILES string of the molecule is CCCCCCCCC[C@@H]1O[C@@H]1OC(=O)O. The lowest BCUT2D eigenvalue weighted by Gasteiger charge is -1.99. The molecule has 16 heavy (non-hydrogen) atoms. The standard InChI is InChI=1S/C12H22O4/c1-2-3-4-5-6-7-8-9-10-11(15-10)16-12(13)14/h10-11H,2-9H2,1H3,(H,13,14)/t10-,11+/m0/s1. The summed E-state index contributed by atoms with van der Waals surface area (Å²) in [4.78, 5) is 10.2. The number of epoxide rings is 1. The van der Waals surface area contributed by atoms with Crippen LogP contribution in [0.4, 0.5) is 4.79 Å². The van der Waals surface area contributed by atoms with Crippen molar-refractivity contribution in [3.63, 3.8) is 0 Å². The first-order chi connectivity index (χ1) is 7.74. The summed E-state index contributed by atoms with van der Waals surface area (Å²) >= 11 is 0. The summed E-state index contributed by atoms with van der Waals surface area (Å²) < 4.78 is 9.55. The van der Waals surface area contributed by atoms with Gasteiger partial charge in [-0.1, -0.05) is 51.9 Å². The third-order valence-corrected chi connectivity index (χ3v) is 2.85. The van der Waals surface area contributed by atoms with Crippen LogP contribution in [0, 0.1) is 0 Å². The number of carboxylic acid groups (broad SMARTS) is 1. The topological polar surface area (TPSA) is 59.1 Å². The van der Waals surface area contributed by atoms with Gasteiger partial charge in [-0.15, -0.1) is 0 Å². The van der Waals surface area contributed by atoms with Crippen molar-refractivity contribution >= 4 is 6.16 Å². The van der Waals surface area contributed by atoms with E-state index in [9.17, 15) is 4.79 Å². The summed E-state index contributed by atoms with van der Waals surface area (Å²) in [5.74, 6) is 0. The van der Waals surface area contributed by atoms with Crippen LogP contribution in [0.25, 0.3) is 0 Å². The third kappa shape index (κ3) is 5.95. The van der Waals surface area contributed by atoms with E-state index in [0.717, 1.165) is 12.8 Å². The maximum atomic E-state index is 10.2. The van der Waals surface area contributed by atoms with Crippen molar-refractivity contribution in [3.8, 4) is 0 Å². The van der Waals surface area contributed by atoms with E-state index in [1.165, 1.54) is 38.5 Å². The minimum atomic E-state index is -1.24. The molecule has 1 saturated heterocycles. The summed E-state index contributed by atoms with van der Waals surface area (Å²) in [7, 11) is 0. The Bertz CT molecular complexity index is 205. The molecule has 0 saturated carbocycles. The van der Waals surface area contributed by atoms with Gasteiger partial charge in [0.25, 0.3) is 0 Å². The van der Waals surface area contributed by atoms with E-state index in [2.05, 4.69) is 11.7 Å². The molecule has 2 atom stereocenters. The molecule has 1 heterocycles. The molecule has 0 amide bonds. The van der Waals surface area contributed by atoms with Crippen LogP contribution < -0.4 is 0 Å². The molecule has 0 bridgehead atoms. The second-order valence-electron chi connectivity index (χ2n) is 4.34. The average Bonchev–Trinajstić information content (AvgIpc) is 2.94. The Balaban J connectivity index is 1.81. The van der Waals surface area contributed by atoms with E-state index in [1.807, 2.05) is 0 Å². The highest BCUT2D eigenvalue weighted by molar-refractivity contribution is 5.57. The molecule has 0 spiro atoms. The number of ether oxygens (including phenoxy) is 2. The number of carbonyl (C=O) groups is 1. The smallest absolute Gasteiger partial charge is 0.450 e. The fourth-order valence-electron chi connectivity index (χ4n) is 1.84. The Morgan fingerprint density at radius 2 is 1.81 bits per heavy atom. The lowest BCUT2D eigenvalue weighted by Crippen LogP contribution is -2.05. The molecule has 1 rings (SSSR count). The van der Waals surface area contributed by atoms with E-state index in [-0.39, 0.29) is 6.10 Å². The van der Waals surface area contributed by atoms with Gasteiger partial charge in [-0.2, -0.15) is 0 Å². The minimum Gasteiger partial charge on any atom is -0.450 e. The van der Waals surface area contributed by atoms with Crippen LogP contribution in [0.2, 0.25) is 0 Å². The van der Waals surface area contributed by atoms with Gasteiger partial charge in [0.1, 0.15) is 6.10 Å². The molecule has 0 radical (unpaired) electrons. The van der Waals surface area contributed by atoms with Crippen molar-refractivity contribution in [2.45, 2.75) is 70.7 Å². The largest absolute Gasteiger partial charge is 0.508 e. The van der Waals surface area contributed by atoms with Gasteiger partial charge in [-0.3, -0.25) is 0 Å². The van der Waals surface area contributed by atoms with E-state index in [0.29, 0.717) is 0 Å². The fourth-order valence-corrected chi connectivity index (χ4v) is 1.84. The maximum Gasteiger partial charge on any atom is 0.508 e. The maximum absolute atomic E-state index is 10.2. The molecule has 94 valence electrons. The molecule has 1 aliphatic rings. The van der Waals surface area contributed by atoms with Crippen LogP contribution in [0.3, 0.4) is 0 Å². The summed E-state index contributed by atoms with van der Waals surface area (Å²) in [5, 5.41) is 8.33. The Labute approximate surface area is 96.9 Å². The Morgan fingerprint density at radius 3 is 2.44 bits per heavy atom. The van der Waals surface area contributed by atoms with E-state index in [1.54, 1.807) is 0 Å². The Kier molecular flexibility index (Phi) is 6.23. The van der Waals surface area contributed by atoms with Crippen LogP contribution in [0.15, 0.2) is 0 Å². The molecular formula is C12H22O4. The molecule has 1 N–H and O–H groups in total. The summed E-state index contributed by atoms with van der Waals surface area (Å²) in [6.07, 6.45) is 8.07. The predicted octanol–water partition coefficient (Wildman–Crippen LogP) is 3.55. The molecule has 1 fully saturated rings. The van der Waals surface area contributed by atoms with Crippen molar-refractivity contribution in [2.75, 3.05) is 0 Å². The van der Waals surface area contributed by atoms with Gasteiger partial charge >= 0.3 is 6.16 Å². The molecule has 0 unspecified atom stereocenters. The molecule has 0 aromatic heterocycles. The van der Waals surface area contributed by atoms with Gasteiger partial charge < -0.3 is 14.6 Å². The molecule has 1 aliphatic heterocycles. The van der Waals surface area contributed by atoms with Gasteiger partial charge in [0, 0.05) is 0 Å². The zero-order valence-electron chi connectivity index (χ0n) is 9.98. The highest BCUT2D eigenvalue weighted by atomic mass is 16.8. The second-order valence-corrected chi connectivity index (χ2v) is 4.34. The van der Waals surface area contributed by atoms with Crippen molar-refractivity contribution in [1.82, 2.24) is 0 Å². The Morgan fingerprint density at radius 1 is 1.19 bits per heavy atom. The fraction of sp³-hybridized carbons (Fsp3) is 0.917. The number of hydrogen-bond acceptors (Lipinski definition) is 3. The second kappa shape index (κ2) is 7.49. The number of unbranched alkanes of at least 4 members (excludes halogenated alkanes) is 6. The highest BCUT2D eigenvalue weighted by Gasteiger charge is 2.41. The van der Waals surface area contributed by atoms with Crippen molar-refractivity contribution in [3.05, 3.63) is 0 Å². The van der Waals surface area contributed by atoms with Crippen molar-refractivity contribution in [1.29, 1.82) is 0 Å². The first kappa shape index (κ1) is 13.3. The molecule has 0 aliphatic carbocycles. The number of hydrogen-bond donors (Lipinski definition) is 1. The van der Waals surface area contributed by atoms with Crippen LogP contribution >= 0.6 is 0 Å². The van der Waals surface area contributed by atoms with E-state index in [4.69, 9.17) is 9.84 Å². The predicted molar refractivity (Wildman–Crippen MR) is 60.4 cm³/mol. The lowest BCUT2D eigenvalue weighted by molar-refractivity contribution is 0.0500. The van der Waals surface area contributed by atoms with Crippen molar-refractivity contribution < 1.29 is 19.4 Å². The van der Waals surface area contributed by atoms with Crippen LogP contribution in [0.5, 0.6) is 0 Å². The monoisotopic (exact) mass is 230 g/mol. The molecular weight excluding hydrogens is 208 g/mol. The molecule has 4 heteroatoms. The van der Waals surface area contributed by atoms with Gasteiger partial charge in [0.05, 0.1) is 0 Å². The quantitative estimate of drug-likeness (QED) is 0.374. The van der Waals surface area contributed by atoms with Crippen LogP contribution in [-0.4, -0.2) is 23.7 Å². The molecule has 4 nitrogen and oxygen atoms in total. The zero-order valence-corrected chi connectivity index (χ0v) is 9.98. The number of rotatable bonds is 9. The van der Waals surface area contributed by atoms with Gasteiger partial charge in [-0.05, 0) is 6.42 Å². The summed E-state index contributed by atoms with van der Waals surface area (Å²) in [6.45, 7) is 2.22. The van der Waals surface area contributed by atoms with Gasteiger partial charge in [0.15, 0.2) is 0 Å². The first-order valence-electron chi connectivity index (χ1n) is 6.29. The van der Waals surface area contributed by atoms with E-state index >= 15 is 0 Å². The minimum absolute atomic E-state index is 0.0201. The lowest BCUT2D eigenvalue weighted by atomic mass is 10.1. The van der Waals surface area contributed by atoms with Gasteiger partial charge in [0.2, 0.25) is 6.29 Å². The Hall–Kier alpha value is -0.770. The third-order valence-electron chi connectivity index (χ3n) is 2.85. The van der Waals surface area contributed by atoms with E-state index < -0.39 is 12.4 Å². The van der Waals surface area contributed by atoms with Crippen LogP contribution in [0.1, 0.15) is 58.3 Å². The zero-order chi connectivity index (χ0) is 11.8. The summed E-state index contributed by atoms with van der Waals surface area (Å²) in [5.41, 5.74) is 0. The highest BCUT2D eigenvalue weighted by Crippen LogP contribution is 2.28. The van der Waals surface area contributed by atoms with Crippen LogP contribution in [-0.2, 0) is 9.47 Å². The molecule has 0 aromatic carbocycles. The normalized spacial score (nSPS) is 23.1. The van der Waals surface area contributed by atoms with Crippen molar-refractivity contribution in [2.24, 2.45) is 0 Å². The average molecular weight is 230 g/mol.